The molecule has 0 aromatic heterocycles. The fraction of sp³-hybridized carbons (Fsp3) is 0.529. The highest BCUT2D eigenvalue weighted by Gasteiger charge is 2.12. The molecule has 2 rings (SSSR count). The number of aromatic hydroxyl groups is 1. The minimum atomic E-state index is -0.114. The van der Waals surface area contributed by atoms with E-state index < -0.39 is 0 Å². The smallest absolute Gasteiger partial charge is 0.254 e. The number of ether oxygens (including phenoxy) is 1. The minimum absolute atomic E-state index is 0.0377. The first kappa shape index (κ1) is 18.7. The monoisotopic (exact) mass is 397 g/mol. The molecular weight excluding hydrogens is 374 g/mol. The molecule has 1 aliphatic rings. The zero-order valence-electron chi connectivity index (χ0n) is 13.9. The summed E-state index contributed by atoms with van der Waals surface area (Å²) in [6.45, 7) is 2.32. The lowest BCUT2D eigenvalue weighted by Crippen LogP contribution is -2.37. The van der Waals surface area contributed by atoms with Crippen LogP contribution >= 0.6 is 15.9 Å². The Morgan fingerprint density at radius 3 is 2.67 bits per heavy atom. The van der Waals surface area contributed by atoms with Crippen LogP contribution in [0.15, 0.2) is 21.7 Å². The Morgan fingerprint density at radius 2 is 2.00 bits per heavy atom. The largest absolute Gasteiger partial charge is 0.503 e. The normalized spacial score (nSPS) is 16.6. The van der Waals surface area contributed by atoms with E-state index in [0.717, 1.165) is 25.9 Å². The Kier molecular flexibility index (Phi) is 7.52. The summed E-state index contributed by atoms with van der Waals surface area (Å²) in [4.78, 5) is 14.2. The van der Waals surface area contributed by atoms with E-state index in [0.29, 0.717) is 22.3 Å². The molecule has 24 heavy (non-hydrogen) atoms. The van der Waals surface area contributed by atoms with Crippen LogP contribution in [-0.4, -0.2) is 48.9 Å². The van der Waals surface area contributed by atoms with Crippen molar-refractivity contribution in [3.63, 3.8) is 0 Å². The van der Waals surface area contributed by atoms with Crippen LogP contribution in [0.1, 0.15) is 37.7 Å². The van der Waals surface area contributed by atoms with E-state index in [-0.39, 0.29) is 11.7 Å². The molecule has 2 N–H and O–H groups in total. The van der Waals surface area contributed by atoms with Crippen molar-refractivity contribution in [1.82, 2.24) is 10.3 Å². The standard InChI is InChI=1S/C17H24BrN3O3/c1-24-15-10-13(9-14(18)17(15)23)11-19-20-16(22)12-21-7-5-3-2-4-6-8-21/h9-11,23H,2-8,12H2,1H3,(H,20,22)/b19-11+. The Balaban J connectivity index is 1.86. The first-order valence-electron chi connectivity index (χ1n) is 8.21. The van der Waals surface area contributed by atoms with Crippen LogP contribution in [0.2, 0.25) is 0 Å². The summed E-state index contributed by atoms with van der Waals surface area (Å²) < 4.78 is 5.59. The van der Waals surface area contributed by atoms with Gasteiger partial charge in [-0.2, -0.15) is 5.10 Å². The number of phenolic OH excluding ortho intramolecular Hbond substituents is 1. The van der Waals surface area contributed by atoms with Gasteiger partial charge in [-0.1, -0.05) is 19.3 Å². The molecule has 1 saturated heterocycles. The molecule has 0 unspecified atom stereocenters. The van der Waals surface area contributed by atoms with Crippen molar-refractivity contribution in [2.45, 2.75) is 32.1 Å². The SMILES string of the molecule is COc1cc(/C=N/NC(=O)CN2CCCCCCC2)cc(Br)c1O. The lowest BCUT2D eigenvalue weighted by atomic mass is 10.1. The number of phenols is 1. The molecule has 0 atom stereocenters. The molecule has 6 nitrogen and oxygen atoms in total. The number of hydrogen-bond donors (Lipinski definition) is 2. The Labute approximate surface area is 151 Å². The van der Waals surface area contributed by atoms with Gasteiger partial charge in [-0.3, -0.25) is 9.69 Å². The number of carbonyl (C=O) groups excluding carboxylic acids is 1. The molecule has 1 aliphatic heterocycles. The average molecular weight is 398 g/mol. The van der Waals surface area contributed by atoms with E-state index in [1.807, 2.05) is 0 Å². The van der Waals surface area contributed by atoms with Crippen molar-refractivity contribution in [2.75, 3.05) is 26.7 Å². The third-order valence-electron chi connectivity index (χ3n) is 3.99. The second kappa shape index (κ2) is 9.64. The Morgan fingerprint density at radius 1 is 1.33 bits per heavy atom. The molecule has 0 bridgehead atoms. The van der Waals surface area contributed by atoms with E-state index >= 15 is 0 Å². The van der Waals surface area contributed by atoms with Crippen LogP contribution in [0.3, 0.4) is 0 Å². The van der Waals surface area contributed by atoms with Gasteiger partial charge < -0.3 is 9.84 Å². The third-order valence-corrected chi connectivity index (χ3v) is 4.59. The van der Waals surface area contributed by atoms with Gasteiger partial charge in [0.05, 0.1) is 24.3 Å². The minimum Gasteiger partial charge on any atom is -0.503 e. The highest BCUT2D eigenvalue weighted by molar-refractivity contribution is 9.10. The van der Waals surface area contributed by atoms with Crippen molar-refractivity contribution in [3.8, 4) is 11.5 Å². The summed E-state index contributed by atoms with van der Waals surface area (Å²) in [5.74, 6) is 0.269. The number of likely N-dealkylation sites (tertiary alicyclic amines) is 1. The summed E-state index contributed by atoms with van der Waals surface area (Å²) in [6, 6.07) is 3.35. The van der Waals surface area contributed by atoms with Gasteiger partial charge in [0.25, 0.3) is 5.91 Å². The summed E-state index contributed by atoms with van der Waals surface area (Å²) in [5, 5.41) is 13.8. The van der Waals surface area contributed by atoms with Crippen molar-refractivity contribution in [3.05, 3.63) is 22.2 Å². The second-order valence-corrected chi connectivity index (χ2v) is 6.75. The van der Waals surface area contributed by atoms with Gasteiger partial charge in [-0.05, 0) is 59.6 Å². The molecule has 1 heterocycles. The first-order valence-corrected chi connectivity index (χ1v) is 9.00. The van der Waals surface area contributed by atoms with Gasteiger partial charge >= 0.3 is 0 Å². The van der Waals surface area contributed by atoms with Crippen LogP contribution in [0.5, 0.6) is 11.5 Å². The van der Waals surface area contributed by atoms with Gasteiger partial charge in [0.15, 0.2) is 11.5 Å². The Bertz CT molecular complexity index is 585. The third kappa shape index (κ3) is 5.79. The van der Waals surface area contributed by atoms with Gasteiger partial charge in [0.2, 0.25) is 0 Å². The van der Waals surface area contributed by atoms with Gasteiger partial charge in [-0.25, -0.2) is 5.43 Å². The summed E-state index contributed by atoms with van der Waals surface area (Å²) >= 11 is 3.25. The zero-order valence-corrected chi connectivity index (χ0v) is 15.5. The molecule has 132 valence electrons. The van der Waals surface area contributed by atoms with Crippen LogP contribution in [-0.2, 0) is 4.79 Å². The molecular formula is C17H24BrN3O3. The summed E-state index contributed by atoms with van der Waals surface area (Å²) in [5.41, 5.74) is 3.27. The number of nitrogens with one attached hydrogen (secondary N) is 1. The second-order valence-electron chi connectivity index (χ2n) is 5.89. The molecule has 0 spiro atoms. The predicted molar refractivity (Wildman–Crippen MR) is 97.6 cm³/mol. The van der Waals surface area contributed by atoms with Crippen molar-refractivity contribution < 1.29 is 14.6 Å². The molecule has 1 aromatic rings. The van der Waals surface area contributed by atoms with Crippen molar-refractivity contribution in [2.24, 2.45) is 5.10 Å². The maximum atomic E-state index is 12.0. The number of carbonyl (C=O) groups is 1. The zero-order chi connectivity index (χ0) is 17.4. The highest BCUT2D eigenvalue weighted by Crippen LogP contribution is 2.34. The summed E-state index contributed by atoms with van der Waals surface area (Å²) in [6.07, 6.45) is 7.62. The molecule has 1 aromatic carbocycles. The number of hydrazone groups is 1. The fourth-order valence-corrected chi connectivity index (χ4v) is 3.17. The van der Waals surface area contributed by atoms with Crippen LogP contribution in [0, 0.1) is 0 Å². The number of methoxy groups -OCH3 is 1. The van der Waals surface area contributed by atoms with Crippen molar-refractivity contribution >= 4 is 28.1 Å². The molecule has 0 radical (unpaired) electrons. The lowest BCUT2D eigenvalue weighted by Gasteiger charge is -2.23. The maximum absolute atomic E-state index is 12.0. The maximum Gasteiger partial charge on any atom is 0.254 e. The number of hydrogen-bond acceptors (Lipinski definition) is 5. The fourth-order valence-electron chi connectivity index (χ4n) is 2.71. The lowest BCUT2D eigenvalue weighted by molar-refractivity contribution is -0.122. The van der Waals surface area contributed by atoms with Crippen molar-refractivity contribution in [1.29, 1.82) is 0 Å². The van der Waals surface area contributed by atoms with Crippen LogP contribution in [0.4, 0.5) is 0 Å². The van der Waals surface area contributed by atoms with E-state index in [2.05, 4.69) is 31.4 Å². The highest BCUT2D eigenvalue weighted by atomic mass is 79.9. The predicted octanol–water partition coefficient (Wildman–Crippen LogP) is 2.88. The van der Waals surface area contributed by atoms with Crippen LogP contribution < -0.4 is 10.2 Å². The van der Waals surface area contributed by atoms with Gasteiger partial charge in [0, 0.05) is 0 Å². The molecule has 1 amide bonds. The van der Waals surface area contributed by atoms with Crippen LogP contribution in [0.25, 0.3) is 0 Å². The van der Waals surface area contributed by atoms with E-state index in [9.17, 15) is 9.90 Å². The Hall–Kier alpha value is -1.60. The number of rotatable bonds is 5. The summed E-state index contributed by atoms with van der Waals surface area (Å²) in [7, 11) is 1.48. The van der Waals surface area contributed by atoms with Gasteiger partial charge in [0.1, 0.15) is 0 Å². The molecule has 0 saturated carbocycles. The number of nitrogens with zero attached hydrogens (tertiary/aromatic N) is 2. The topological polar surface area (TPSA) is 74.2 Å². The quantitative estimate of drug-likeness (QED) is 0.591. The molecule has 1 fully saturated rings. The number of benzene rings is 1. The number of amides is 1. The first-order chi connectivity index (χ1) is 11.6. The van der Waals surface area contributed by atoms with E-state index in [1.165, 1.54) is 32.6 Å². The van der Waals surface area contributed by atoms with E-state index in [1.54, 1.807) is 12.1 Å². The molecule has 7 heteroatoms. The van der Waals surface area contributed by atoms with E-state index in [4.69, 9.17) is 4.74 Å². The average Bonchev–Trinajstić information content (AvgIpc) is 2.53. The number of halogens is 1. The molecule has 0 aliphatic carbocycles. The van der Waals surface area contributed by atoms with Gasteiger partial charge in [-0.15, -0.1) is 0 Å².